The van der Waals surface area contributed by atoms with E-state index in [-0.39, 0.29) is 24.4 Å². The molecule has 6 atom stereocenters. The Hall–Kier alpha value is -2.46. The van der Waals surface area contributed by atoms with Crippen LogP contribution in [0, 0.1) is 17.0 Å². The fourth-order valence-corrected chi connectivity index (χ4v) is 4.85. The summed E-state index contributed by atoms with van der Waals surface area (Å²) in [5.74, 6) is -1.31. The van der Waals surface area contributed by atoms with E-state index < -0.39 is 60.3 Å². The third-order valence-corrected chi connectivity index (χ3v) is 6.64. The summed E-state index contributed by atoms with van der Waals surface area (Å²) in [7, 11) is 0. The number of hydrogen-bond acceptors (Lipinski definition) is 6. The number of benzene rings is 2. The van der Waals surface area contributed by atoms with Gasteiger partial charge in [0.15, 0.2) is 0 Å². The average molecular weight is 522 g/mol. The Labute approximate surface area is 217 Å². The molecule has 0 spiro atoms. The van der Waals surface area contributed by atoms with Gasteiger partial charge < -0.3 is 20.7 Å². The van der Waals surface area contributed by atoms with E-state index in [1.807, 2.05) is 51.1 Å². The van der Waals surface area contributed by atoms with Crippen molar-refractivity contribution in [3.63, 3.8) is 0 Å². The van der Waals surface area contributed by atoms with E-state index in [4.69, 9.17) is 15.5 Å². The van der Waals surface area contributed by atoms with Crippen molar-refractivity contribution in [2.45, 2.75) is 77.1 Å². The molecular weight excluding hydrogens is 483 g/mol. The molecule has 0 saturated carbocycles. The fraction of sp³-hybridized carbons (Fsp3) is 0.536. The van der Waals surface area contributed by atoms with Gasteiger partial charge in [0, 0.05) is 25.0 Å². The molecule has 1 aliphatic rings. The molecule has 0 aliphatic carbocycles. The lowest BCUT2D eigenvalue weighted by Crippen LogP contribution is -2.60. The van der Waals surface area contributed by atoms with Crippen LogP contribution in [-0.2, 0) is 11.2 Å². The van der Waals surface area contributed by atoms with Gasteiger partial charge in [-0.25, -0.2) is 18.2 Å². The van der Waals surface area contributed by atoms with Gasteiger partial charge in [0.2, 0.25) is 5.90 Å². The number of rotatable bonds is 11. The first-order chi connectivity index (χ1) is 17.4. The Kier molecular flexibility index (Phi) is 9.74. The number of aliphatic hydroxyl groups is 2. The molecule has 204 valence electrons. The van der Waals surface area contributed by atoms with E-state index in [9.17, 15) is 23.4 Å². The van der Waals surface area contributed by atoms with Gasteiger partial charge >= 0.3 is 0 Å². The number of alkyl halides is 1. The van der Waals surface area contributed by atoms with Crippen LogP contribution >= 0.6 is 0 Å². The van der Waals surface area contributed by atoms with Gasteiger partial charge in [0.1, 0.15) is 36.7 Å². The van der Waals surface area contributed by atoms with Crippen molar-refractivity contribution in [1.82, 2.24) is 4.90 Å². The summed E-state index contributed by atoms with van der Waals surface area (Å²) in [6.45, 7) is 6.82. The average Bonchev–Trinajstić information content (AvgIpc) is 3.24. The van der Waals surface area contributed by atoms with Gasteiger partial charge in [0.05, 0.1) is 11.7 Å². The molecule has 2 aromatic rings. The topological polar surface area (TPSA) is 91.3 Å². The zero-order valence-electron chi connectivity index (χ0n) is 21.8. The SMILES string of the molecule is CC(O)C(O)N(CCC(N)CF)C(C1N=C(c2cc(F)ccc2F)OC1Cc1ccccc1)C(C)(C)C. The highest BCUT2D eigenvalue weighted by atomic mass is 19.1. The highest BCUT2D eigenvalue weighted by molar-refractivity contribution is 5.95. The molecular formula is C28H38F3N3O3. The van der Waals surface area contributed by atoms with Gasteiger partial charge in [-0.1, -0.05) is 51.1 Å². The molecule has 6 unspecified atom stereocenters. The smallest absolute Gasteiger partial charge is 0.220 e. The van der Waals surface area contributed by atoms with Crippen molar-refractivity contribution >= 4 is 5.90 Å². The number of ether oxygens (including phenoxy) is 1. The Balaban J connectivity index is 2.09. The van der Waals surface area contributed by atoms with Crippen LogP contribution < -0.4 is 5.73 Å². The third-order valence-electron chi connectivity index (χ3n) is 6.64. The van der Waals surface area contributed by atoms with Crippen LogP contribution in [0.4, 0.5) is 13.2 Å². The normalized spacial score (nSPS) is 21.3. The van der Waals surface area contributed by atoms with Crippen molar-refractivity contribution < 1.29 is 28.1 Å². The predicted octanol–water partition coefficient (Wildman–Crippen LogP) is 3.82. The minimum absolute atomic E-state index is 0.0240. The lowest BCUT2D eigenvalue weighted by Gasteiger charge is -2.46. The maximum absolute atomic E-state index is 14.7. The summed E-state index contributed by atoms with van der Waals surface area (Å²) in [4.78, 5) is 6.44. The van der Waals surface area contributed by atoms with Crippen LogP contribution in [0.5, 0.6) is 0 Å². The van der Waals surface area contributed by atoms with Crippen LogP contribution in [0.2, 0.25) is 0 Å². The second-order valence-electron chi connectivity index (χ2n) is 10.8. The van der Waals surface area contributed by atoms with Gasteiger partial charge in [-0.05, 0) is 42.5 Å². The molecule has 0 saturated heterocycles. The first-order valence-corrected chi connectivity index (χ1v) is 12.6. The van der Waals surface area contributed by atoms with Gasteiger partial charge in [0.25, 0.3) is 0 Å². The Morgan fingerprint density at radius 1 is 1.11 bits per heavy atom. The van der Waals surface area contributed by atoms with Crippen molar-refractivity contribution in [3.05, 3.63) is 71.3 Å². The van der Waals surface area contributed by atoms with Crippen LogP contribution in [-0.4, -0.2) is 70.8 Å². The van der Waals surface area contributed by atoms with Crippen LogP contribution in [0.15, 0.2) is 53.5 Å². The number of nitrogens with zero attached hydrogens (tertiary/aromatic N) is 2. The second-order valence-corrected chi connectivity index (χ2v) is 10.8. The van der Waals surface area contributed by atoms with E-state index >= 15 is 0 Å². The minimum Gasteiger partial charge on any atom is -0.471 e. The maximum Gasteiger partial charge on any atom is 0.220 e. The summed E-state index contributed by atoms with van der Waals surface area (Å²) in [6.07, 6.45) is -2.34. The third kappa shape index (κ3) is 7.31. The first kappa shape index (κ1) is 29.1. The molecule has 0 radical (unpaired) electrons. The first-order valence-electron chi connectivity index (χ1n) is 12.6. The van der Waals surface area contributed by atoms with Crippen molar-refractivity contribution in [2.24, 2.45) is 16.1 Å². The van der Waals surface area contributed by atoms with Gasteiger partial charge in [-0.15, -0.1) is 0 Å². The summed E-state index contributed by atoms with van der Waals surface area (Å²) in [5.41, 5.74) is 6.19. The Bertz CT molecular complexity index is 1050. The predicted molar refractivity (Wildman–Crippen MR) is 138 cm³/mol. The Morgan fingerprint density at radius 3 is 2.38 bits per heavy atom. The quantitative estimate of drug-likeness (QED) is 0.391. The molecule has 37 heavy (non-hydrogen) atoms. The van der Waals surface area contributed by atoms with E-state index in [1.54, 1.807) is 4.90 Å². The number of hydrogen-bond donors (Lipinski definition) is 3. The summed E-state index contributed by atoms with van der Waals surface area (Å²) in [5, 5.41) is 21.4. The number of aliphatic hydroxyl groups excluding tert-OH is 2. The molecule has 6 nitrogen and oxygen atoms in total. The molecule has 1 heterocycles. The van der Waals surface area contributed by atoms with Crippen LogP contribution in [0.25, 0.3) is 0 Å². The lowest BCUT2D eigenvalue weighted by molar-refractivity contribution is -0.121. The molecule has 4 N–H and O–H groups in total. The minimum atomic E-state index is -1.29. The zero-order valence-corrected chi connectivity index (χ0v) is 21.8. The Morgan fingerprint density at radius 2 is 1.78 bits per heavy atom. The second kappa shape index (κ2) is 12.4. The largest absolute Gasteiger partial charge is 0.471 e. The highest BCUT2D eigenvalue weighted by Gasteiger charge is 2.47. The van der Waals surface area contributed by atoms with Crippen molar-refractivity contribution in [1.29, 1.82) is 0 Å². The van der Waals surface area contributed by atoms with Crippen LogP contribution in [0.1, 0.15) is 45.2 Å². The maximum atomic E-state index is 14.7. The van der Waals surface area contributed by atoms with E-state index in [0.29, 0.717) is 6.42 Å². The molecule has 0 fully saturated rings. The van der Waals surface area contributed by atoms with Crippen molar-refractivity contribution in [2.75, 3.05) is 13.2 Å². The monoisotopic (exact) mass is 521 g/mol. The van der Waals surface area contributed by atoms with E-state index in [2.05, 4.69) is 0 Å². The molecule has 0 amide bonds. The fourth-order valence-electron chi connectivity index (χ4n) is 4.85. The van der Waals surface area contributed by atoms with Crippen molar-refractivity contribution in [3.8, 4) is 0 Å². The summed E-state index contributed by atoms with van der Waals surface area (Å²) >= 11 is 0. The summed E-state index contributed by atoms with van der Waals surface area (Å²) in [6, 6.07) is 10.8. The standard InChI is InChI=1S/C28H38F3N3O3/c1-17(35)27(36)34(13-12-20(32)16-29)25(28(2,3)4)24-23(14-18-8-6-5-7-9-18)37-26(33-24)21-15-19(30)10-11-22(21)31/h5-11,15,17,20,23-25,27,35-36H,12-14,16,32H2,1-4H3. The number of aliphatic imine (C=N–C) groups is 1. The molecule has 9 heteroatoms. The molecule has 0 aromatic heterocycles. The van der Waals surface area contributed by atoms with Gasteiger partial charge in [-0.3, -0.25) is 4.90 Å². The highest BCUT2D eigenvalue weighted by Crippen LogP contribution is 2.37. The lowest BCUT2D eigenvalue weighted by atomic mass is 9.78. The van der Waals surface area contributed by atoms with E-state index in [0.717, 1.165) is 23.8 Å². The summed E-state index contributed by atoms with van der Waals surface area (Å²) < 4.78 is 48.1. The molecule has 2 aromatic carbocycles. The zero-order chi connectivity index (χ0) is 27.3. The molecule has 1 aliphatic heterocycles. The molecule has 0 bridgehead atoms. The number of nitrogens with two attached hydrogens (primary N) is 1. The van der Waals surface area contributed by atoms with Gasteiger partial charge in [-0.2, -0.15) is 0 Å². The van der Waals surface area contributed by atoms with Crippen LogP contribution in [0.3, 0.4) is 0 Å². The molecule has 3 rings (SSSR count). The van der Waals surface area contributed by atoms with E-state index in [1.165, 1.54) is 6.92 Å². The number of halogens is 3.